The van der Waals surface area contributed by atoms with Gasteiger partial charge in [-0.3, -0.25) is 9.69 Å². The number of rotatable bonds is 3. The SMILES string of the molecule is CC(CN)N1CCC2(CCC2)C(C(=O)O)C1. The van der Waals surface area contributed by atoms with E-state index in [0.29, 0.717) is 19.1 Å². The zero-order chi connectivity index (χ0) is 11.8. The third-order valence-electron chi connectivity index (χ3n) is 4.67. The molecule has 1 aliphatic heterocycles. The molecule has 2 rings (SSSR count). The number of nitrogens with zero attached hydrogens (tertiary/aromatic N) is 1. The number of likely N-dealkylation sites (tertiary alicyclic amines) is 1. The average Bonchev–Trinajstić information content (AvgIpc) is 2.24. The fraction of sp³-hybridized carbons (Fsp3) is 0.917. The summed E-state index contributed by atoms with van der Waals surface area (Å²) in [5, 5.41) is 9.35. The summed E-state index contributed by atoms with van der Waals surface area (Å²) in [7, 11) is 0. The predicted octanol–water partition coefficient (Wildman–Crippen LogP) is 0.910. The second kappa shape index (κ2) is 4.34. The first-order valence-electron chi connectivity index (χ1n) is 6.26. The lowest BCUT2D eigenvalue weighted by atomic mass is 9.57. The molecule has 0 bridgehead atoms. The Kier molecular flexibility index (Phi) is 3.22. The highest BCUT2D eigenvalue weighted by Crippen LogP contribution is 2.52. The van der Waals surface area contributed by atoms with Gasteiger partial charge in [0.1, 0.15) is 0 Å². The van der Waals surface area contributed by atoms with E-state index < -0.39 is 5.97 Å². The van der Waals surface area contributed by atoms with Gasteiger partial charge in [-0.15, -0.1) is 0 Å². The first kappa shape index (κ1) is 11.9. The molecule has 0 aromatic rings. The van der Waals surface area contributed by atoms with Crippen LogP contribution < -0.4 is 5.73 Å². The van der Waals surface area contributed by atoms with Crippen molar-refractivity contribution >= 4 is 5.97 Å². The Labute approximate surface area is 96.8 Å². The minimum Gasteiger partial charge on any atom is -0.481 e. The number of nitrogens with two attached hydrogens (primary N) is 1. The summed E-state index contributed by atoms with van der Waals surface area (Å²) in [5.41, 5.74) is 5.77. The summed E-state index contributed by atoms with van der Waals surface area (Å²) in [6.45, 7) is 4.40. The Morgan fingerprint density at radius 3 is 2.69 bits per heavy atom. The molecule has 1 saturated carbocycles. The van der Waals surface area contributed by atoms with Crippen LogP contribution in [-0.4, -0.2) is 41.7 Å². The van der Waals surface area contributed by atoms with Crippen LogP contribution in [0.3, 0.4) is 0 Å². The van der Waals surface area contributed by atoms with Crippen LogP contribution in [0.4, 0.5) is 0 Å². The third-order valence-corrected chi connectivity index (χ3v) is 4.67. The van der Waals surface area contributed by atoms with Gasteiger partial charge in [-0.25, -0.2) is 0 Å². The van der Waals surface area contributed by atoms with E-state index in [1.807, 2.05) is 0 Å². The fourth-order valence-corrected chi connectivity index (χ4v) is 3.18. The molecule has 16 heavy (non-hydrogen) atoms. The van der Waals surface area contributed by atoms with Crippen molar-refractivity contribution in [3.05, 3.63) is 0 Å². The van der Waals surface area contributed by atoms with Gasteiger partial charge in [0.05, 0.1) is 5.92 Å². The highest BCUT2D eigenvalue weighted by molar-refractivity contribution is 5.71. The normalized spacial score (nSPS) is 31.0. The van der Waals surface area contributed by atoms with Gasteiger partial charge in [0.15, 0.2) is 0 Å². The van der Waals surface area contributed by atoms with Crippen molar-refractivity contribution in [2.75, 3.05) is 19.6 Å². The lowest BCUT2D eigenvalue weighted by Crippen LogP contribution is -2.56. The topological polar surface area (TPSA) is 66.6 Å². The van der Waals surface area contributed by atoms with E-state index in [9.17, 15) is 9.90 Å². The van der Waals surface area contributed by atoms with Gasteiger partial charge in [-0.2, -0.15) is 0 Å². The second-order valence-electron chi connectivity index (χ2n) is 5.44. The van der Waals surface area contributed by atoms with E-state index in [2.05, 4.69) is 11.8 Å². The average molecular weight is 226 g/mol. The molecule has 0 radical (unpaired) electrons. The number of piperidine rings is 1. The van der Waals surface area contributed by atoms with Crippen molar-refractivity contribution in [3.8, 4) is 0 Å². The van der Waals surface area contributed by atoms with E-state index in [4.69, 9.17) is 5.73 Å². The minimum absolute atomic E-state index is 0.122. The highest BCUT2D eigenvalue weighted by Gasteiger charge is 2.50. The quantitative estimate of drug-likeness (QED) is 0.750. The summed E-state index contributed by atoms with van der Waals surface area (Å²) >= 11 is 0. The van der Waals surface area contributed by atoms with Crippen LogP contribution in [0.15, 0.2) is 0 Å². The van der Waals surface area contributed by atoms with E-state index in [1.54, 1.807) is 0 Å². The number of carboxylic acids is 1. The Hall–Kier alpha value is -0.610. The predicted molar refractivity (Wildman–Crippen MR) is 62.1 cm³/mol. The molecular weight excluding hydrogens is 204 g/mol. The van der Waals surface area contributed by atoms with Gasteiger partial charge in [-0.1, -0.05) is 6.42 Å². The Morgan fingerprint density at radius 2 is 2.25 bits per heavy atom. The maximum absolute atomic E-state index is 11.4. The maximum atomic E-state index is 11.4. The van der Waals surface area contributed by atoms with Gasteiger partial charge in [0.25, 0.3) is 0 Å². The Morgan fingerprint density at radius 1 is 1.56 bits per heavy atom. The lowest BCUT2D eigenvalue weighted by molar-refractivity contribution is -0.156. The first-order chi connectivity index (χ1) is 7.59. The number of aliphatic carboxylic acids is 1. The van der Waals surface area contributed by atoms with Crippen LogP contribution in [0.2, 0.25) is 0 Å². The van der Waals surface area contributed by atoms with Gasteiger partial charge >= 0.3 is 5.97 Å². The largest absolute Gasteiger partial charge is 0.481 e. The summed E-state index contributed by atoms with van der Waals surface area (Å²) in [5.74, 6) is -0.794. The molecule has 1 saturated heterocycles. The van der Waals surface area contributed by atoms with Crippen LogP contribution in [0.25, 0.3) is 0 Å². The van der Waals surface area contributed by atoms with E-state index in [0.717, 1.165) is 25.8 Å². The van der Waals surface area contributed by atoms with Gasteiger partial charge < -0.3 is 10.8 Å². The van der Waals surface area contributed by atoms with Crippen molar-refractivity contribution < 1.29 is 9.90 Å². The van der Waals surface area contributed by atoms with Crippen LogP contribution in [0.1, 0.15) is 32.6 Å². The summed E-state index contributed by atoms with van der Waals surface area (Å²) < 4.78 is 0. The molecule has 0 aromatic carbocycles. The number of carbonyl (C=O) groups is 1. The Bertz CT molecular complexity index is 276. The molecule has 2 atom stereocenters. The van der Waals surface area contributed by atoms with Gasteiger partial charge in [0.2, 0.25) is 0 Å². The van der Waals surface area contributed by atoms with Crippen LogP contribution in [-0.2, 0) is 4.79 Å². The van der Waals surface area contributed by atoms with Crippen LogP contribution >= 0.6 is 0 Å². The number of hydrogen-bond donors (Lipinski definition) is 2. The van der Waals surface area contributed by atoms with E-state index in [1.165, 1.54) is 6.42 Å². The summed E-state index contributed by atoms with van der Waals surface area (Å²) in [4.78, 5) is 13.6. The van der Waals surface area contributed by atoms with Crippen molar-refractivity contribution in [1.82, 2.24) is 4.90 Å². The minimum atomic E-state index is -0.617. The molecule has 2 unspecified atom stereocenters. The maximum Gasteiger partial charge on any atom is 0.308 e. The number of carboxylic acid groups (broad SMARTS) is 1. The van der Waals surface area contributed by atoms with Crippen molar-refractivity contribution in [1.29, 1.82) is 0 Å². The molecule has 1 aliphatic carbocycles. The van der Waals surface area contributed by atoms with Crippen LogP contribution in [0, 0.1) is 11.3 Å². The highest BCUT2D eigenvalue weighted by atomic mass is 16.4. The molecule has 0 aromatic heterocycles. The molecular formula is C12H22N2O2. The molecule has 4 heteroatoms. The molecule has 92 valence electrons. The zero-order valence-electron chi connectivity index (χ0n) is 9.98. The summed E-state index contributed by atoms with van der Waals surface area (Å²) in [6, 6.07) is 0.305. The van der Waals surface area contributed by atoms with Gasteiger partial charge in [-0.05, 0) is 38.1 Å². The molecule has 1 heterocycles. The molecule has 0 amide bonds. The molecule has 3 N–H and O–H groups in total. The standard InChI is InChI=1S/C12H22N2O2/c1-9(7-13)14-6-5-12(3-2-4-12)10(8-14)11(15)16/h9-10H,2-8,13H2,1H3,(H,15,16). The lowest BCUT2D eigenvalue weighted by Gasteiger charge is -2.52. The first-order valence-corrected chi connectivity index (χ1v) is 6.26. The monoisotopic (exact) mass is 226 g/mol. The molecule has 4 nitrogen and oxygen atoms in total. The van der Waals surface area contributed by atoms with Crippen LogP contribution in [0.5, 0.6) is 0 Å². The van der Waals surface area contributed by atoms with E-state index in [-0.39, 0.29) is 11.3 Å². The molecule has 1 spiro atoms. The fourth-order valence-electron chi connectivity index (χ4n) is 3.18. The smallest absolute Gasteiger partial charge is 0.308 e. The van der Waals surface area contributed by atoms with Gasteiger partial charge in [0, 0.05) is 19.1 Å². The van der Waals surface area contributed by atoms with E-state index >= 15 is 0 Å². The summed E-state index contributed by atoms with van der Waals surface area (Å²) in [6.07, 6.45) is 4.45. The number of hydrogen-bond acceptors (Lipinski definition) is 3. The molecule has 2 fully saturated rings. The second-order valence-corrected chi connectivity index (χ2v) is 5.44. The zero-order valence-corrected chi connectivity index (χ0v) is 9.98. The Balaban J connectivity index is 2.06. The molecule has 2 aliphatic rings. The van der Waals surface area contributed by atoms with Crippen molar-refractivity contribution in [2.45, 2.75) is 38.6 Å². The van der Waals surface area contributed by atoms with Crippen molar-refractivity contribution in [2.24, 2.45) is 17.1 Å². The van der Waals surface area contributed by atoms with Crippen molar-refractivity contribution in [3.63, 3.8) is 0 Å². The third kappa shape index (κ3) is 1.84.